The zero-order valence-corrected chi connectivity index (χ0v) is 11.9. The molecule has 0 aliphatic carbocycles. The molecule has 0 amide bonds. The van der Waals surface area contributed by atoms with Gasteiger partial charge in [-0.15, -0.1) is 0 Å². The van der Waals surface area contributed by atoms with Gasteiger partial charge in [0.15, 0.2) is 0 Å². The maximum absolute atomic E-state index is 3.66. The van der Waals surface area contributed by atoms with Crippen LogP contribution >= 0.6 is 0 Å². The Bertz CT molecular complexity index is 387. The fourth-order valence-corrected chi connectivity index (χ4v) is 2.55. The fraction of sp³-hybridized carbons (Fsp3) is 0.625. The molecule has 2 nitrogen and oxygen atoms in total. The molecule has 0 saturated heterocycles. The number of hydrogen-bond acceptors (Lipinski definition) is 2. The van der Waals surface area contributed by atoms with Gasteiger partial charge in [-0.05, 0) is 36.8 Å². The van der Waals surface area contributed by atoms with E-state index in [-0.39, 0.29) is 0 Å². The minimum Gasteiger partial charge on any atom is -0.385 e. The molecule has 2 N–H and O–H groups in total. The Balaban J connectivity index is 2.01. The number of para-hydroxylation sites is 1. The summed E-state index contributed by atoms with van der Waals surface area (Å²) in [6.07, 6.45) is 3.71. The number of hydrogen-bond donors (Lipinski definition) is 2. The molecule has 100 valence electrons. The minimum atomic E-state index is 0.578. The van der Waals surface area contributed by atoms with E-state index < -0.39 is 0 Å². The zero-order valence-electron chi connectivity index (χ0n) is 11.9. The summed E-state index contributed by atoms with van der Waals surface area (Å²) >= 11 is 0. The summed E-state index contributed by atoms with van der Waals surface area (Å²) in [6.45, 7) is 8.95. The second-order valence-electron chi connectivity index (χ2n) is 5.54. The van der Waals surface area contributed by atoms with E-state index in [1.807, 2.05) is 0 Å². The number of rotatable bonds is 5. The first-order valence-corrected chi connectivity index (χ1v) is 7.30. The summed E-state index contributed by atoms with van der Waals surface area (Å²) in [4.78, 5) is 0. The molecule has 1 heterocycles. The topological polar surface area (TPSA) is 24.1 Å². The monoisotopic (exact) mass is 246 g/mol. The van der Waals surface area contributed by atoms with Crippen molar-refractivity contribution in [1.29, 1.82) is 0 Å². The van der Waals surface area contributed by atoms with Gasteiger partial charge in [-0.1, -0.05) is 38.5 Å². The lowest BCUT2D eigenvalue weighted by Gasteiger charge is -2.24. The van der Waals surface area contributed by atoms with Gasteiger partial charge in [-0.3, -0.25) is 0 Å². The van der Waals surface area contributed by atoms with Crippen LogP contribution in [0, 0.1) is 5.92 Å². The Morgan fingerprint density at radius 2 is 2.17 bits per heavy atom. The fourth-order valence-electron chi connectivity index (χ4n) is 2.55. The van der Waals surface area contributed by atoms with Crippen LogP contribution in [0.15, 0.2) is 18.2 Å². The van der Waals surface area contributed by atoms with Crippen molar-refractivity contribution in [3.63, 3.8) is 0 Å². The van der Waals surface area contributed by atoms with Crippen LogP contribution in [0.3, 0.4) is 0 Å². The Morgan fingerprint density at radius 3 is 2.94 bits per heavy atom. The highest BCUT2D eigenvalue weighted by Gasteiger charge is 2.14. The third-order valence-corrected chi connectivity index (χ3v) is 4.27. The predicted octanol–water partition coefficient (Wildman–Crippen LogP) is 3.57. The maximum Gasteiger partial charge on any atom is 0.0418 e. The van der Waals surface area contributed by atoms with E-state index in [0.29, 0.717) is 6.04 Å². The molecule has 0 aromatic heterocycles. The first-order chi connectivity index (χ1) is 8.72. The largest absolute Gasteiger partial charge is 0.385 e. The van der Waals surface area contributed by atoms with Gasteiger partial charge in [0.05, 0.1) is 0 Å². The van der Waals surface area contributed by atoms with Crippen LogP contribution < -0.4 is 10.6 Å². The Morgan fingerprint density at radius 1 is 1.33 bits per heavy atom. The molecule has 0 radical (unpaired) electrons. The van der Waals surface area contributed by atoms with Crippen molar-refractivity contribution in [2.24, 2.45) is 5.92 Å². The van der Waals surface area contributed by atoms with Crippen LogP contribution in [-0.4, -0.2) is 12.6 Å². The first kappa shape index (κ1) is 13.4. The van der Waals surface area contributed by atoms with E-state index in [4.69, 9.17) is 0 Å². The van der Waals surface area contributed by atoms with Crippen molar-refractivity contribution in [3.05, 3.63) is 29.3 Å². The summed E-state index contributed by atoms with van der Waals surface area (Å²) in [5, 5.41) is 7.22. The van der Waals surface area contributed by atoms with E-state index >= 15 is 0 Å². The van der Waals surface area contributed by atoms with Crippen molar-refractivity contribution < 1.29 is 0 Å². The molecule has 1 aromatic rings. The highest BCUT2D eigenvalue weighted by molar-refractivity contribution is 5.59. The van der Waals surface area contributed by atoms with Gasteiger partial charge in [0.25, 0.3) is 0 Å². The summed E-state index contributed by atoms with van der Waals surface area (Å²) in [7, 11) is 0. The molecule has 2 rings (SSSR count). The highest BCUT2D eigenvalue weighted by Crippen LogP contribution is 2.26. The van der Waals surface area contributed by atoms with Crippen molar-refractivity contribution in [2.75, 3.05) is 11.9 Å². The van der Waals surface area contributed by atoms with Crippen LogP contribution in [0.1, 0.15) is 44.7 Å². The van der Waals surface area contributed by atoms with Gasteiger partial charge in [-0.25, -0.2) is 0 Å². The van der Waals surface area contributed by atoms with E-state index in [0.717, 1.165) is 19.0 Å². The van der Waals surface area contributed by atoms with Gasteiger partial charge >= 0.3 is 0 Å². The van der Waals surface area contributed by atoms with E-state index in [9.17, 15) is 0 Å². The zero-order chi connectivity index (χ0) is 13.0. The third kappa shape index (κ3) is 3.05. The number of fused-ring (bicyclic) bond motifs is 1. The molecular weight excluding hydrogens is 220 g/mol. The molecule has 0 spiro atoms. The second-order valence-corrected chi connectivity index (χ2v) is 5.54. The number of nitrogens with one attached hydrogen (secondary N) is 2. The van der Waals surface area contributed by atoms with Crippen LogP contribution in [0.5, 0.6) is 0 Å². The minimum absolute atomic E-state index is 0.578. The number of benzene rings is 1. The Hall–Kier alpha value is -1.02. The Kier molecular flexibility index (Phi) is 4.65. The average Bonchev–Trinajstić information content (AvgIpc) is 2.43. The van der Waals surface area contributed by atoms with Gasteiger partial charge in [0.1, 0.15) is 0 Å². The summed E-state index contributed by atoms with van der Waals surface area (Å²) in [6, 6.07) is 7.27. The van der Waals surface area contributed by atoms with E-state index in [1.165, 1.54) is 36.1 Å². The molecule has 1 aromatic carbocycles. The van der Waals surface area contributed by atoms with Gasteiger partial charge < -0.3 is 10.6 Å². The molecule has 2 atom stereocenters. The van der Waals surface area contributed by atoms with E-state index in [2.05, 4.69) is 49.6 Å². The summed E-state index contributed by atoms with van der Waals surface area (Å²) < 4.78 is 0. The molecule has 2 heteroatoms. The molecule has 1 aliphatic rings. The summed E-state index contributed by atoms with van der Waals surface area (Å²) in [5.41, 5.74) is 4.28. The van der Waals surface area contributed by atoms with Crippen molar-refractivity contribution in [1.82, 2.24) is 5.32 Å². The lowest BCUT2D eigenvalue weighted by Crippen LogP contribution is -2.31. The molecule has 0 bridgehead atoms. The van der Waals surface area contributed by atoms with Gasteiger partial charge in [0.2, 0.25) is 0 Å². The van der Waals surface area contributed by atoms with Crippen molar-refractivity contribution in [3.8, 4) is 0 Å². The molecule has 2 unspecified atom stereocenters. The predicted molar refractivity (Wildman–Crippen MR) is 79.0 cm³/mol. The number of aryl methyl sites for hydroxylation is 1. The average molecular weight is 246 g/mol. The lowest BCUT2D eigenvalue weighted by molar-refractivity contribution is 0.389. The quantitative estimate of drug-likeness (QED) is 0.830. The molecule has 1 aliphatic heterocycles. The standard InChI is InChI=1S/C16H26N2/c1-4-12(2)13(3)18-11-15-8-5-7-14-9-6-10-17-16(14)15/h5,7-8,12-13,17-18H,4,6,9-11H2,1-3H3. The maximum atomic E-state index is 3.66. The molecule has 0 saturated carbocycles. The van der Waals surface area contributed by atoms with Crippen LogP contribution in [0.25, 0.3) is 0 Å². The van der Waals surface area contributed by atoms with Gasteiger partial charge in [0, 0.05) is 24.8 Å². The molecule has 0 fully saturated rings. The first-order valence-electron chi connectivity index (χ1n) is 7.30. The van der Waals surface area contributed by atoms with Crippen LogP contribution in [-0.2, 0) is 13.0 Å². The second kappa shape index (κ2) is 6.24. The molecular formula is C16H26N2. The lowest BCUT2D eigenvalue weighted by atomic mass is 9.98. The van der Waals surface area contributed by atoms with Crippen LogP contribution in [0.4, 0.5) is 5.69 Å². The van der Waals surface area contributed by atoms with Crippen molar-refractivity contribution >= 4 is 5.69 Å². The number of anilines is 1. The third-order valence-electron chi connectivity index (χ3n) is 4.27. The van der Waals surface area contributed by atoms with E-state index in [1.54, 1.807) is 0 Å². The van der Waals surface area contributed by atoms with Gasteiger partial charge in [-0.2, -0.15) is 0 Å². The normalized spacial score (nSPS) is 17.7. The van der Waals surface area contributed by atoms with Crippen LogP contribution in [0.2, 0.25) is 0 Å². The SMILES string of the molecule is CCC(C)C(C)NCc1cccc2c1NCCC2. The van der Waals surface area contributed by atoms with Crippen molar-refractivity contribution in [2.45, 2.75) is 52.6 Å². The Labute approximate surface area is 111 Å². The molecule has 18 heavy (non-hydrogen) atoms. The smallest absolute Gasteiger partial charge is 0.0418 e. The summed E-state index contributed by atoms with van der Waals surface area (Å²) in [5.74, 6) is 0.734. The highest BCUT2D eigenvalue weighted by atomic mass is 14.9.